The number of hydrogen-bond acceptors (Lipinski definition) is 3. The van der Waals surface area contributed by atoms with Crippen LogP contribution in [0.25, 0.3) is 11.0 Å². The molecule has 1 aromatic heterocycles. The summed E-state index contributed by atoms with van der Waals surface area (Å²) in [5.74, 6) is 1.34. The van der Waals surface area contributed by atoms with Crippen LogP contribution in [0.5, 0.6) is 5.75 Å². The molecule has 0 atom stereocenters. The number of carbonyl (C=O) groups excluding carboxylic acids is 1. The van der Waals surface area contributed by atoms with Gasteiger partial charge in [0.15, 0.2) is 0 Å². The van der Waals surface area contributed by atoms with E-state index < -0.39 is 0 Å². The maximum atomic E-state index is 12.5. The highest BCUT2D eigenvalue weighted by molar-refractivity contribution is 6.30. The topological polar surface area (TPSA) is 56.2 Å². The quantitative estimate of drug-likeness (QED) is 0.422. The van der Waals surface area contributed by atoms with Crippen LogP contribution in [0.1, 0.15) is 16.2 Å². The lowest BCUT2D eigenvalue weighted by Crippen LogP contribution is -2.25. The van der Waals surface area contributed by atoms with Gasteiger partial charge in [0.25, 0.3) is 5.91 Å². The summed E-state index contributed by atoms with van der Waals surface area (Å²) >= 11 is 11.8. The van der Waals surface area contributed by atoms with E-state index in [2.05, 4.69) is 14.9 Å². The molecule has 5 nitrogen and oxygen atoms in total. The molecule has 0 unspecified atom stereocenters. The van der Waals surface area contributed by atoms with Gasteiger partial charge in [0.2, 0.25) is 0 Å². The molecular formula is C23H19Cl2N3O2. The van der Waals surface area contributed by atoms with Gasteiger partial charge in [-0.05, 0) is 60.7 Å². The normalized spacial score (nSPS) is 10.9. The highest BCUT2D eigenvalue weighted by atomic mass is 35.5. The largest absolute Gasteiger partial charge is 0.492 e. The van der Waals surface area contributed by atoms with Gasteiger partial charge >= 0.3 is 0 Å². The number of fused-ring (bicyclic) bond motifs is 1. The van der Waals surface area contributed by atoms with E-state index in [1.807, 2.05) is 36.4 Å². The van der Waals surface area contributed by atoms with Gasteiger partial charge in [0.05, 0.1) is 24.1 Å². The highest BCUT2D eigenvalue weighted by Gasteiger charge is 2.12. The molecule has 0 aliphatic heterocycles. The van der Waals surface area contributed by atoms with Crippen molar-refractivity contribution in [3.63, 3.8) is 0 Å². The average molecular weight is 440 g/mol. The van der Waals surface area contributed by atoms with E-state index in [9.17, 15) is 4.79 Å². The van der Waals surface area contributed by atoms with Crippen molar-refractivity contribution in [1.82, 2.24) is 14.9 Å². The number of nitrogens with zero attached hydrogens (tertiary/aromatic N) is 2. The second kappa shape index (κ2) is 9.20. The van der Waals surface area contributed by atoms with Crippen molar-refractivity contribution in [3.8, 4) is 5.75 Å². The van der Waals surface area contributed by atoms with Crippen LogP contribution in [0.4, 0.5) is 0 Å². The number of amides is 1. The summed E-state index contributed by atoms with van der Waals surface area (Å²) in [5, 5.41) is 4.19. The Morgan fingerprint density at radius 2 is 1.60 bits per heavy atom. The van der Waals surface area contributed by atoms with Crippen LogP contribution in [-0.4, -0.2) is 22.1 Å². The fraction of sp³-hybridized carbons (Fsp3) is 0.130. The predicted molar refractivity (Wildman–Crippen MR) is 119 cm³/mol. The standard InChI is InChI=1S/C23H19Cl2N3O2/c24-17-7-5-16(6-8-17)23(29)26-15-22-27-20-3-1-2-4-21(20)28(22)13-14-30-19-11-9-18(25)10-12-19/h1-12H,13-15H2,(H,26,29). The van der Waals surface area contributed by atoms with Crippen molar-refractivity contribution in [1.29, 1.82) is 0 Å². The number of benzene rings is 3. The molecule has 0 aliphatic carbocycles. The number of halogens is 2. The molecule has 1 N–H and O–H groups in total. The van der Waals surface area contributed by atoms with Crippen molar-refractivity contribution >= 4 is 40.1 Å². The van der Waals surface area contributed by atoms with Gasteiger partial charge in [-0.2, -0.15) is 0 Å². The summed E-state index contributed by atoms with van der Waals surface area (Å²) in [6, 6.07) is 21.9. The zero-order valence-electron chi connectivity index (χ0n) is 16.0. The fourth-order valence-electron chi connectivity index (χ4n) is 3.16. The molecule has 1 amide bonds. The summed E-state index contributed by atoms with van der Waals surface area (Å²) in [6.07, 6.45) is 0. The number of imidazole rings is 1. The highest BCUT2D eigenvalue weighted by Crippen LogP contribution is 2.18. The molecule has 0 saturated carbocycles. The first kappa shape index (κ1) is 20.3. The zero-order valence-corrected chi connectivity index (χ0v) is 17.5. The zero-order chi connectivity index (χ0) is 20.9. The van der Waals surface area contributed by atoms with Gasteiger partial charge < -0.3 is 14.6 Å². The molecule has 3 aromatic carbocycles. The molecule has 0 fully saturated rings. The van der Waals surface area contributed by atoms with Crippen LogP contribution in [0.2, 0.25) is 10.0 Å². The lowest BCUT2D eigenvalue weighted by molar-refractivity contribution is 0.0949. The third kappa shape index (κ3) is 4.75. The minimum absolute atomic E-state index is 0.178. The SMILES string of the molecule is O=C(NCc1nc2ccccc2n1CCOc1ccc(Cl)cc1)c1ccc(Cl)cc1. The van der Waals surface area contributed by atoms with Crippen LogP contribution < -0.4 is 10.1 Å². The minimum atomic E-state index is -0.178. The molecule has 0 spiro atoms. The third-order valence-electron chi connectivity index (χ3n) is 4.64. The Labute approximate surface area is 184 Å². The minimum Gasteiger partial charge on any atom is -0.492 e. The van der Waals surface area contributed by atoms with Gasteiger partial charge in [-0.1, -0.05) is 35.3 Å². The van der Waals surface area contributed by atoms with E-state index in [1.54, 1.807) is 36.4 Å². The van der Waals surface area contributed by atoms with Crippen molar-refractivity contribution in [2.45, 2.75) is 13.1 Å². The van der Waals surface area contributed by atoms with E-state index in [0.29, 0.717) is 35.3 Å². The van der Waals surface area contributed by atoms with Crippen LogP contribution in [0.3, 0.4) is 0 Å². The summed E-state index contributed by atoms with van der Waals surface area (Å²) in [6.45, 7) is 1.35. The molecule has 0 aliphatic rings. The molecular weight excluding hydrogens is 421 g/mol. The molecule has 4 rings (SSSR count). The summed E-state index contributed by atoms with van der Waals surface area (Å²) in [5.41, 5.74) is 2.42. The van der Waals surface area contributed by atoms with Crippen LogP contribution in [-0.2, 0) is 13.1 Å². The first-order chi connectivity index (χ1) is 14.6. The van der Waals surface area contributed by atoms with E-state index >= 15 is 0 Å². The molecule has 30 heavy (non-hydrogen) atoms. The summed E-state index contributed by atoms with van der Waals surface area (Å²) < 4.78 is 7.90. The van der Waals surface area contributed by atoms with Gasteiger partial charge in [-0.3, -0.25) is 4.79 Å². The Hall–Kier alpha value is -3.02. The molecule has 4 aromatic rings. The van der Waals surface area contributed by atoms with E-state index in [0.717, 1.165) is 22.6 Å². The maximum Gasteiger partial charge on any atom is 0.251 e. The van der Waals surface area contributed by atoms with Crippen molar-refractivity contribution in [2.75, 3.05) is 6.61 Å². The third-order valence-corrected chi connectivity index (χ3v) is 5.15. The van der Waals surface area contributed by atoms with Gasteiger partial charge in [-0.15, -0.1) is 0 Å². The second-order valence-corrected chi connectivity index (χ2v) is 7.53. The number of nitrogens with one attached hydrogen (secondary N) is 1. The monoisotopic (exact) mass is 439 g/mol. The lowest BCUT2D eigenvalue weighted by atomic mass is 10.2. The molecule has 0 saturated heterocycles. The summed E-state index contributed by atoms with van der Waals surface area (Å²) in [7, 11) is 0. The number of ether oxygens (including phenoxy) is 1. The smallest absolute Gasteiger partial charge is 0.251 e. The maximum absolute atomic E-state index is 12.5. The molecule has 7 heteroatoms. The number of carbonyl (C=O) groups is 1. The Bertz CT molecular complexity index is 1160. The van der Waals surface area contributed by atoms with Crippen molar-refractivity contribution in [2.24, 2.45) is 0 Å². The summed E-state index contributed by atoms with van der Waals surface area (Å²) in [4.78, 5) is 17.1. The number of rotatable bonds is 7. The average Bonchev–Trinajstić information content (AvgIpc) is 3.11. The van der Waals surface area contributed by atoms with E-state index in [-0.39, 0.29) is 5.91 Å². The van der Waals surface area contributed by atoms with Gasteiger partial charge in [0.1, 0.15) is 18.2 Å². The second-order valence-electron chi connectivity index (χ2n) is 6.66. The van der Waals surface area contributed by atoms with Gasteiger partial charge in [0, 0.05) is 15.6 Å². The Morgan fingerprint density at radius 3 is 2.33 bits per heavy atom. The number of hydrogen-bond donors (Lipinski definition) is 1. The number of aromatic nitrogens is 2. The van der Waals surface area contributed by atoms with E-state index in [4.69, 9.17) is 27.9 Å². The predicted octanol–water partition coefficient (Wildman–Crippen LogP) is 5.35. The Balaban J connectivity index is 1.47. The number of para-hydroxylation sites is 2. The first-order valence-electron chi connectivity index (χ1n) is 9.46. The van der Waals surface area contributed by atoms with Crippen molar-refractivity contribution < 1.29 is 9.53 Å². The first-order valence-corrected chi connectivity index (χ1v) is 10.2. The molecule has 0 bridgehead atoms. The van der Waals surface area contributed by atoms with Crippen molar-refractivity contribution in [3.05, 3.63) is 94.2 Å². The van der Waals surface area contributed by atoms with Gasteiger partial charge in [-0.25, -0.2) is 4.98 Å². The Kier molecular flexibility index (Phi) is 6.21. The molecule has 0 radical (unpaired) electrons. The lowest BCUT2D eigenvalue weighted by Gasteiger charge is -2.12. The van der Waals surface area contributed by atoms with E-state index in [1.165, 1.54) is 0 Å². The Morgan fingerprint density at radius 1 is 0.933 bits per heavy atom. The van der Waals surface area contributed by atoms with Crippen LogP contribution in [0, 0.1) is 0 Å². The van der Waals surface area contributed by atoms with Crippen LogP contribution >= 0.6 is 23.2 Å². The molecule has 1 heterocycles. The molecule has 152 valence electrons. The fourth-order valence-corrected chi connectivity index (χ4v) is 3.41. The van der Waals surface area contributed by atoms with Crippen LogP contribution in [0.15, 0.2) is 72.8 Å².